The van der Waals surface area contributed by atoms with Gasteiger partial charge in [0.1, 0.15) is 6.26 Å². The van der Waals surface area contributed by atoms with E-state index >= 15 is 0 Å². The maximum Gasteiger partial charge on any atom is 0.257 e. The molecule has 110 valence electrons. The Morgan fingerprint density at radius 3 is 2.70 bits per heavy atom. The molecule has 5 heteroatoms. The van der Waals surface area contributed by atoms with Crippen molar-refractivity contribution in [1.29, 1.82) is 0 Å². The zero-order valence-corrected chi connectivity index (χ0v) is 12.1. The third-order valence-electron chi connectivity index (χ3n) is 3.96. The Balaban J connectivity index is 1.81. The molecule has 0 aliphatic carbocycles. The van der Waals surface area contributed by atoms with Crippen LogP contribution in [0.4, 0.5) is 0 Å². The molecule has 0 bridgehead atoms. The maximum atomic E-state index is 12.1. The van der Waals surface area contributed by atoms with Gasteiger partial charge in [0.25, 0.3) is 5.91 Å². The molecule has 20 heavy (non-hydrogen) atoms. The number of likely N-dealkylation sites (tertiary alicyclic amines) is 1. The second-order valence-corrected chi connectivity index (χ2v) is 5.40. The van der Waals surface area contributed by atoms with Crippen LogP contribution >= 0.6 is 0 Å². The van der Waals surface area contributed by atoms with Crippen LogP contribution in [-0.4, -0.2) is 35.8 Å². The van der Waals surface area contributed by atoms with Gasteiger partial charge in [-0.05, 0) is 25.3 Å². The van der Waals surface area contributed by atoms with Crippen molar-refractivity contribution in [2.24, 2.45) is 5.92 Å². The number of nitrogens with one attached hydrogen (secondary N) is 1. The summed E-state index contributed by atoms with van der Waals surface area (Å²) in [6.45, 7) is 5.30. The molecule has 1 saturated heterocycles. The van der Waals surface area contributed by atoms with Gasteiger partial charge in [0, 0.05) is 25.0 Å². The first-order valence-corrected chi connectivity index (χ1v) is 7.23. The van der Waals surface area contributed by atoms with Crippen LogP contribution in [0.25, 0.3) is 0 Å². The van der Waals surface area contributed by atoms with E-state index < -0.39 is 0 Å². The lowest BCUT2D eigenvalue weighted by atomic mass is 10.0. The van der Waals surface area contributed by atoms with E-state index in [4.69, 9.17) is 4.42 Å². The predicted molar refractivity (Wildman–Crippen MR) is 75.2 cm³/mol. The first-order chi connectivity index (χ1) is 9.61. The number of hydrogen-bond donors (Lipinski definition) is 1. The lowest BCUT2D eigenvalue weighted by Gasteiger charge is -2.32. The molecular formula is C15H22N2O3. The van der Waals surface area contributed by atoms with Crippen molar-refractivity contribution in [3.63, 3.8) is 0 Å². The standard InChI is InChI=1S/C15H22N2O3/c1-3-11(2)14(18)16-13-4-7-17(8-5-13)15(19)12-6-9-20-10-12/h6,9-11,13H,3-5,7-8H2,1-2H3,(H,16,18)/t11-/m0/s1. The maximum absolute atomic E-state index is 12.1. The second kappa shape index (κ2) is 6.59. The van der Waals surface area contributed by atoms with Gasteiger partial charge >= 0.3 is 0 Å². The number of carbonyl (C=O) groups excluding carboxylic acids is 2. The summed E-state index contributed by atoms with van der Waals surface area (Å²) >= 11 is 0. The van der Waals surface area contributed by atoms with Gasteiger partial charge in [0.05, 0.1) is 11.8 Å². The summed E-state index contributed by atoms with van der Waals surface area (Å²) in [7, 11) is 0. The van der Waals surface area contributed by atoms with Crippen LogP contribution in [0.1, 0.15) is 43.5 Å². The van der Waals surface area contributed by atoms with Crippen LogP contribution in [0.2, 0.25) is 0 Å². The first kappa shape index (κ1) is 14.6. The summed E-state index contributed by atoms with van der Waals surface area (Å²) in [6, 6.07) is 1.86. The zero-order chi connectivity index (χ0) is 14.5. The lowest BCUT2D eigenvalue weighted by molar-refractivity contribution is -0.125. The summed E-state index contributed by atoms with van der Waals surface area (Å²) in [5.41, 5.74) is 0.590. The summed E-state index contributed by atoms with van der Waals surface area (Å²) in [5, 5.41) is 3.07. The first-order valence-electron chi connectivity index (χ1n) is 7.23. The van der Waals surface area contributed by atoms with Crippen LogP contribution in [0.5, 0.6) is 0 Å². The Morgan fingerprint density at radius 2 is 2.15 bits per heavy atom. The van der Waals surface area contributed by atoms with E-state index in [1.807, 2.05) is 18.7 Å². The highest BCUT2D eigenvalue weighted by Gasteiger charge is 2.25. The molecule has 0 unspecified atom stereocenters. The molecule has 2 rings (SSSR count). The van der Waals surface area contributed by atoms with Gasteiger partial charge in [-0.15, -0.1) is 0 Å². The van der Waals surface area contributed by atoms with Crippen molar-refractivity contribution in [3.05, 3.63) is 24.2 Å². The van der Waals surface area contributed by atoms with Crippen LogP contribution in [0.15, 0.2) is 23.0 Å². The molecular weight excluding hydrogens is 256 g/mol. The van der Waals surface area contributed by atoms with Crippen molar-refractivity contribution >= 4 is 11.8 Å². The minimum atomic E-state index is 0.00505. The largest absolute Gasteiger partial charge is 0.472 e. The van der Waals surface area contributed by atoms with Crippen molar-refractivity contribution in [1.82, 2.24) is 10.2 Å². The Hall–Kier alpha value is -1.78. The molecule has 0 spiro atoms. The highest BCUT2D eigenvalue weighted by Crippen LogP contribution is 2.15. The topological polar surface area (TPSA) is 62.6 Å². The Morgan fingerprint density at radius 1 is 1.45 bits per heavy atom. The van der Waals surface area contributed by atoms with E-state index in [2.05, 4.69) is 5.32 Å². The number of rotatable bonds is 4. The van der Waals surface area contributed by atoms with Gasteiger partial charge in [0.15, 0.2) is 0 Å². The average molecular weight is 278 g/mol. The highest BCUT2D eigenvalue weighted by molar-refractivity contribution is 5.93. The predicted octanol–water partition coefficient (Wildman–Crippen LogP) is 2.05. The summed E-state index contributed by atoms with van der Waals surface area (Å²) < 4.78 is 4.93. The number of furan rings is 1. The van der Waals surface area contributed by atoms with Crippen molar-refractivity contribution in [2.75, 3.05) is 13.1 Å². The molecule has 2 heterocycles. The van der Waals surface area contributed by atoms with Gasteiger partial charge < -0.3 is 14.6 Å². The van der Waals surface area contributed by atoms with E-state index in [-0.39, 0.29) is 23.8 Å². The molecule has 1 N–H and O–H groups in total. The zero-order valence-electron chi connectivity index (χ0n) is 12.1. The molecule has 1 atom stereocenters. The molecule has 1 aromatic rings. The molecule has 0 aromatic carbocycles. The van der Waals surface area contributed by atoms with Gasteiger partial charge in [-0.25, -0.2) is 0 Å². The summed E-state index contributed by atoms with van der Waals surface area (Å²) in [4.78, 5) is 25.8. The fourth-order valence-electron chi connectivity index (χ4n) is 2.32. The molecule has 2 amide bonds. The van der Waals surface area contributed by atoms with Crippen molar-refractivity contribution in [3.8, 4) is 0 Å². The smallest absolute Gasteiger partial charge is 0.257 e. The number of carbonyl (C=O) groups is 2. The van der Waals surface area contributed by atoms with Crippen LogP contribution in [0.3, 0.4) is 0 Å². The van der Waals surface area contributed by atoms with Gasteiger partial charge in [-0.1, -0.05) is 13.8 Å². The molecule has 5 nitrogen and oxygen atoms in total. The number of nitrogens with zero attached hydrogens (tertiary/aromatic N) is 1. The fourth-order valence-corrected chi connectivity index (χ4v) is 2.32. The van der Waals surface area contributed by atoms with E-state index in [0.717, 1.165) is 19.3 Å². The van der Waals surface area contributed by atoms with Crippen molar-refractivity contribution in [2.45, 2.75) is 39.2 Å². The number of piperidine rings is 1. The van der Waals surface area contributed by atoms with Crippen LogP contribution in [-0.2, 0) is 4.79 Å². The molecule has 0 radical (unpaired) electrons. The third-order valence-corrected chi connectivity index (χ3v) is 3.96. The average Bonchev–Trinajstić information content (AvgIpc) is 3.00. The van der Waals surface area contributed by atoms with Gasteiger partial charge in [-0.3, -0.25) is 9.59 Å². The Labute approximate surface area is 119 Å². The van der Waals surface area contributed by atoms with Gasteiger partial charge in [0.2, 0.25) is 5.91 Å². The quantitative estimate of drug-likeness (QED) is 0.916. The minimum Gasteiger partial charge on any atom is -0.472 e. The summed E-state index contributed by atoms with van der Waals surface area (Å²) in [6.07, 6.45) is 5.45. The molecule has 1 fully saturated rings. The SMILES string of the molecule is CC[C@H](C)C(=O)NC1CCN(C(=O)c2ccoc2)CC1. The molecule has 1 aliphatic heterocycles. The van der Waals surface area contributed by atoms with Gasteiger partial charge in [-0.2, -0.15) is 0 Å². The molecule has 0 saturated carbocycles. The third kappa shape index (κ3) is 3.40. The van der Waals surface area contributed by atoms with E-state index in [1.54, 1.807) is 6.07 Å². The fraction of sp³-hybridized carbons (Fsp3) is 0.600. The number of amides is 2. The van der Waals surface area contributed by atoms with Crippen LogP contribution in [0, 0.1) is 5.92 Å². The Bertz CT molecular complexity index is 448. The van der Waals surface area contributed by atoms with E-state index in [1.165, 1.54) is 12.5 Å². The Kier molecular flexibility index (Phi) is 4.82. The van der Waals surface area contributed by atoms with Crippen molar-refractivity contribution < 1.29 is 14.0 Å². The lowest BCUT2D eigenvalue weighted by Crippen LogP contribution is -2.47. The normalized spacial score (nSPS) is 17.8. The minimum absolute atomic E-state index is 0.00505. The summed E-state index contributed by atoms with van der Waals surface area (Å²) in [5.74, 6) is 0.179. The molecule has 1 aromatic heterocycles. The molecule has 1 aliphatic rings. The van der Waals surface area contributed by atoms with E-state index in [9.17, 15) is 9.59 Å². The van der Waals surface area contributed by atoms with E-state index in [0.29, 0.717) is 18.7 Å². The number of hydrogen-bond acceptors (Lipinski definition) is 3. The van der Waals surface area contributed by atoms with Crippen LogP contribution < -0.4 is 5.32 Å². The highest BCUT2D eigenvalue weighted by atomic mass is 16.3. The second-order valence-electron chi connectivity index (χ2n) is 5.40. The monoisotopic (exact) mass is 278 g/mol.